The van der Waals surface area contributed by atoms with E-state index in [1.54, 1.807) is 0 Å². The van der Waals surface area contributed by atoms with Crippen LogP contribution >= 0.6 is 0 Å². The smallest absolute Gasteiger partial charge is 0.307 e. The van der Waals surface area contributed by atoms with Gasteiger partial charge in [0.05, 0.1) is 6.42 Å². The molecule has 1 saturated heterocycles. The Kier molecular flexibility index (Phi) is 6.80. The van der Waals surface area contributed by atoms with E-state index in [0.29, 0.717) is 12.2 Å². The highest BCUT2D eigenvalue weighted by Gasteiger charge is 2.33. The highest BCUT2D eigenvalue weighted by atomic mass is 19.2. The predicted molar refractivity (Wildman–Crippen MR) is 102 cm³/mol. The Bertz CT molecular complexity index is 870. The minimum atomic E-state index is -0.971. The minimum Gasteiger partial charge on any atom is -0.490 e. The van der Waals surface area contributed by atoms with Crippen LogP contribution in [0.25, 0.3) is 0 Å². The quantitative estimate of drug-likeness (QED) is 0.497. The lowest BCUT2D eigenvalue weighted by atomic mass is 10.1. The van der Waals surface area contributed by atoms with E-state index in [1.807, 2.05) is 31.2 Å². The Morgan fingerprint density at radius 1 is 1.14 bits per heavy atom. The molecule has 1 amide bonds. The summed E-state index contributed by atoms with van der Waals surface area (Å²) in [5.41, 5.74) is 1.21. The summed E-state index contributed by atoms with van der Waals surface area (Å²) >= 11 is 0. The molecule has 1 aliphatic heterocycles. The Labute approximate surface area is 168 Å². The minimum absolute atomic E-state index is 0.00715. The van der Waals surface area contributed by atoms with E-state index in [1.165, 1.54) is 17.0 Å². The fourth-order valence-corrected chi connectivity index (χ4v) is 3.28. The number of benzene rings is 2. The summed E-state index contributed by atoms with van der Waals surface area (Å²) in [6, 6.07) is 11.0. The topological polar surface area (TPSA) is 55.8 Å². The third-order valence-corrected chi connectivity index (χ3v) is 4.86. The van der Waals surface area contributed by atoms with E-state index in [9.17, 15) is 18.4 Å². The maximum atomic E-state index is 13.9. The van der Waals surface area contributed by atoms with Gasteiger partial charge >= 0.3 is 5.97 Å². The molecule has 3 rings (SSSR count). The van der Waals surface area contributed by atoms with Crippen molar-refractivity contribution in [3.05, 3.63) is 65.2 Å². The first-order valence-electron chi connectivity index (χ1n) is 9.51. The van der Waals surface area contributed by atoms with Crippen molar-refractivity contribution in [2.75, 3.05) is 13.2 Å². The molecule has 1 unspecified atom stereocenters. The highest BCUT2D eigenvalue weighted by molar-refractivity contribution is 5.80. The Hall–Kier alpha value is -2.96. The molecule has 2 aromatic rings. The van der Waals surface area contributed by atoms with Crippen LogP contribution < -0.4 is 4.74 Å². The van der Waals surface area contributed by atoms with Gasteiger partial charge in [-0.2, -0.15) is 0 Å². The van der Waals surface area contributed by atoms with Crippen LogP contribution in [0, 0.1) is 18.6 Å². The lowest BCUT2D eigenvalue weighted by molar-refractivity contribution is -0.146. The van der Waals surface area contributed by atoms with Crippen molar-refractivity contribution >= 4 is 11.9 Å². The second kappa shape index (κ2) is 9.49. The zero-order valence-electron chi connectivity index (χ0n) is 16.2. The van der Waals surface area contributed by atoms with Crippen LogP contribution in [0.5, 0.6) is 5.75 Å². The van der Waals surface area contributed by atoms with Gasteiger partial charge in [0.1, 0.15) is 19.0 Å². The van der Waals surface area contributed by atoms with Crippen molar-refractivity contribution in [2.45, 2.75) is 38.8 Å². The van der Waals surface area contributed by atoms with Crippen LogP contribution in [-0.2, 0) is 20.9 Å². The molecule has 0 bridgehead atoms. The molecule has 0 saturated carbocycles. The number of aryl methyl sites for hydroxylation is 1. The van der Waals surface area contributed by atoms with Crippen LogP contribution in [0.15, 0.2) is 42.5 Å². The van der Waals surface area contributed by atoms with Gasteiger partial charge in [-0.15, -0.1) is 0 Å². The first-order chi connectivity index (χ1) is 13.9. The first kappa shape index (κ1) is 20.8. The van der Waals surface area contributed by atoms with Crippen molar-refractivity contribution in [3.63, 3.8) is 0 Å². The SMILES string of the molecule is Cc1ccc(OCCOC(=O)CC2CCC(=O)N2Cc2cccc(F)c2F)cc1. The number of hydrogen-bond donors (Lipinski definition) is 0. The number of carbonyl (C=O) groups is 2. The van der Waals surface area contributed by atoms with Crippen molar-refractivity contribution in [1.82, 2.24) is 4.90 Å². The van der Waals surface area contributed by atoms with Crippen LogP contribution in [0.2, 0.25) is 0 Å². The molecule has 1 heterocycles. The molecule has 0 aromatic heterocycles. The Balaban J connectivity index is 1.47. The van der Waals surface area contributed by atoms with Crippen LogP contribution in [-0.4, -0.2) is 36.0 Å². The zero-order chi connectivity index (χ0) is 20.8. The molecule has 2 aromatic carbocycles. The van der Waals surface area contributed by atoms with E-state index in [0.717, 1.165) is 11.6 Å². The summed E-state index contributed by atoms with van der Waals surface area (Å²) in [4.78, 5) is 25.7. The average molecular weight is 403 g/mol. The van der Waals surface area contributed by atoms with Crippen LogP contribution in [0.3, 0.4) is 0 Å². The monoisotopic (exact) mass is 403 g/mol. The average Bonchev–Trinajstić information content (AvgIpc) is 3.03. The first-order valence-corrected chi connectivity index (χ1v) is 9.51. The van der Waals surface area contributed by atoms with E-state index >= 15 is 0 Å². The molecule has 0 spiro atoms. The molecular weight excluding hydrogens is 380 g/mol. The Morgan fingerprint density at radius 2 is 1.90 bits per heavy atom. The number of halogens is 2. The van der Waals surface area contributed by atoms with Crippen LogP contribution in [0.4, 0.5) is 8.78 Å². The van der Waals surface area contributed by atoms with Crippen molar-refractivity contribution in [2.24, 2.45) is 0 Å². The third-order valence-electron chi connectivity index (χ3n) is 4.86. The molecule has 29 heavy (non-hydrogen) atoms. The van der Waals surface area contributed by atoms with Gasteiger partial charge in [0, 0.05) is 24.6 Å². The van der Waals surface area contributed by atoms with E-state index < -0.39 is 23.6 Å². The van der Waals surface area contributed by atoms with E-state index in [2.05, 4.69) is 0 Å². The number of amides is 1. The second-order valence-electron chi connectivity index (χ2n) is 7.01. The van der Waals surface area contributed by atoms with Crippen molar-refractivity contribution in [1.29, 1.82) is 0 Å². The van der Waals surface area contributed by atoms with Gasteiger partial charge in [-0.1, -0.05) is 29.8 Å². The fraction of sp³-hybridized carbons (Fsp3) is 0.364. The van der Waals surface area contributed by atoms with Gasteiger partial charge in [0.25, 0.3) is 0 Å². The summed E-state index contributed by atoms with van der Waals surface area (Å²) in [7, 11) is 0. The lowest BCUT2D eigenvalue weighted by Crippen LogP contribution is -2.35. The molecule has 5 nitrogen and oxygen atoms in total. The normalized spacial score (nSPS) is 16.2. The molecule has 1 fully saturated rings. The summed E-state index contributed by atoms with van der Waals surface area (Å²) in [5, 5.41) is 0. The fourth-order valence-electron chi connectivity index (χ4n) is 3.28. The van der Waals surface area contributed by atoms with Gasteiger partial charge < -0.3 is 14.4 Å². The number of ether oxygens (including phenoxy) is 2. The number of nitrogens with zero attached hydrogens (tertiary/aromatic N) is 1. The van der Waals surface area contributed by atoms with E-state index in [4.69, 9.17) is 9.47 Å². The molecule has 7 heteroatoms. The van der Waals surface area contributed by atoms with Crippen LogP contribution in [0.1, 0.15) is 30.4 Å². The molecule has 0 aliphatic carbocycles. The molecule has 1 aliphatic rings. The number of hydrogen-bond acceptors (Lipinski definition) is 4. The maximum Gasteiger partial charge on any atom is 0.307 e. The number of rotatable bonds is 8. The second-order valence-corrected chi connectivity index (χ2v) is 7.01. The summed E-state index contributed by atoms with van der Waals surface area (Å²) in [5.74, 6) is -1.88. The standard InChI is InChI=1S/C22H23F2NO4/c1-15-5-8-18(9-6-15)28-11-12-29-21(27)13-17-7-10-20(26)25(17)14-16-3-2-4-19(23)22(16)24/h2-6,8-9,17H,7,10-14H2,1H3. The van der Waals surface area contributed by atoms with Gasteiger partial charge in [0.15, 0.2) is 11.6 Å². The van der Waals surface area contributed by atoms with Gasteiger partial charge in [-0.25, -0.2) is 8.78 Å². The van der Waals surface area contributed by atoms with Gasteiger partial charge in [-0.3, -0.25) is 9.59 Å². The van der Waals surface area contributed by atoms with Gasteiger partial charge in [-0.05, 0) is 31.5 Å². The molecule has 1 atom stereocenters. The van der Waals surface area contributed by atoms with Gasteiger partial charge in [0.2, 0.25) is 5.91 Å². The summed E-state index contributed by atoms with van der Waals surface area (Å²) in [6.07, 6.45) is 0.753. The molecule has 0 radical (unpaired) electrons. The van der Waals surface area contributed by atoms with Crippen molar-refractivity contribution < 1.29 is 27.8 Å². The van der Waals surface area contributed by atoms with E-state index in [-0.39, 0.29) is 44.1 Å². The Morgan fingerprint density at radius 3 is 2.66 bits per heavy atom. The lowest BCUT2D eigenvalue weighted by Gasteiger charge is -2.24. The molecular formula is C22H23F2NO4. The largest absolute Gasteiger partial charge is 0.490 e. The number of carbonyl (C=O) groups excluding carboxylic acids is 2. The highest BCUT2D eigenvalue weighted by Crippen LogP contribution is 2.25. The predicted octanol–water partition coefficient (Wildman–Crippen LogP) is 3.78. The number of likely N-dealkylation sites (tertiary alicyclic amines) is 1. The molecule has 154 valence electrons. The maximum absolute atomic E-state index is 13.9. The van der Waals surface area contributed by atoms with Crippen molar-refractivity contribution in [3.8, 4) is 5.75 Å². The zero-order valence-corrected chi connectivity index (χ0v) is 16.2. The summed E-state index contributed by atoms with van der Waals surface area (Å²) < 4.78 is 38.0. The third kappa shape index (κ3) is 5.53. The summed E-state index contributed by atoms with van der Waals surface area (Å²) in [6.45, 7) is 2.21. The number of esters is 1. The molecule has 0 N–H and O–H groups in total.